The maximum Gasteiger partial charge on any atom is 0.0860 e. The van der Waals surface area contributed by atoms with Gasteiger partial charge < -0.3 is 15.6 Å². The molecule has 1 aromatic carbocycles. The van der Waals surface area contributed by atoms with Gasteiger partial charge in [-0.3, -0.25) is 0 Å². The third kappa shape index (κ3) is 2.51. The zero-order valence-corrected chi connectivity index (χ0v) is 10.4. The monoisotopic (exact) mass is 235 g/mol. The van der Waals surface area contributed by atoms with Gasteiger partial charge in [0.2, 0.25) is 0 Å². The van der Waals surface area contributed by atoms with Crippen LogP contribution in [0.5, 0.6) is 0 Å². The largest absolute Gasteiger partial charge is 0.388 e. The molecule has 0 radical (unpaired) electrons. The van der Waals surface area contributed by atoms with Gasteiger partial charge in [-0.05, 0) is 25.3 Å². The van der Waals surface area contributed by atoms with Gasteiger partial charge in [0.15, 0.2) is 0 Å². The van der Waals surface area contributed by atoms with Crippen molar-refractivity contribution in [2.75, 3.05) is 19.8 Å². The van der Waals surface area contributed by atoms with Crippen LogP contribution in [0.25, 0.3) is 0 Å². The van der Waals surface area contributed by atoms with Gasteiger partial charge in [-0.1, -0.05) is 29.8 Å². The molecule has 94 valence electrons. The Morgan fingerprint density at radius 2 is 1.88 bits per heavy atom. The summed E-state index contributed by atoms with van der Waals surface area (Å²) in [4.78, 5) is 0. The summed E-state index contributed by atoms with van der Waals surface area (Å²) in [6, 6.07) is 8.05. The molecule has 1 aliphatic rings. The molecule has 3 nitrogen and oxygen atoms in total. The summed E-state index contributed by atoms with van der Waals surface area (Å²) < 4.78 is 5.37. The van der Waals surface area contributed by atoms with E-state index in [4.69, 9.17) is 10.5 Å². The highest BCUT2D eigenvalue weighted by Gasteiger charge is 2.39. The predicted molar refractivity (Wildman–Crippen MR) is 67.7 cm³/mol. The number of nitrogens with two attached hydrogens (primary N) is 1. The molecule has 17 heavy (non-hydrogen) atoms. The molecule has 1 saturated heterocycles. The van der Waals surface area contributed by atoms with E-state index in [1.165, 1.54) is 5.56 Å². The summed E-state index contributed by atoms with van der Waals surface area (Å²) in [7, 11) is 0. The highest BCUT2D eigenvalue weighted by molar-refractivity contribution is 5.25. The third-order valence-corrected chi connectivity index (χ3v) is 3.87. The minimum Gasteiger partial charge on any atom is -0.388 e. The number of rotatable bonds is 3. The molecule has 0 amide bonds. The minimum atomic E-state index is -0.489. The van der Waals surface area contributed by atoms with Gasteiger partial charge in [-0.15, -0.1) is 0 Å². The Labute approximate surface area is 103 Å². The molecule has 1 heterocycles. The second-order valence-corrected chi connectivity index (χ2v) is 4.99. The Balaban J connectivity index is 2.21. The fourth-order valence-electron chi connectivity index (χ4n) is 2.47. The van der Waals surface area contributed by atoms with E-state index in [1.54, 1.807) is 0 Å². The lowest BCUT2D eigenvalue weighted by atomic mass is 9.73. The van der Waals surface area contributed by atoms with Crippen molar-refractivity contribution in [2.24, 2.45) is 11.1 Å². The molecule has 0 aromatic heterocycles. The summed E-state index contributed by atoms with van der Waals surface area (Å²) >= 11 is 0. The molecule has 0 aliphatic carbocycles. The van der Waals surface area contributed by atoms with E-state index in [2.05, 4.69) is 0 Å². The van der Waals surface area contributed by atoms with E-state index in [0.29, 0.717) is 19.8 Å². The van der Waals surface area contributed by atoms with Crippen LogP contribution < -0.4 is 5.73 Å². The molecule has 1 aromatic rings. The summed E-state index contributed by atoms with van der Waals surface area (Å²) in [5.41, 5.74) is 7.84. The Morgan fingerprint density at radius 3 is 2.41 bits per heavy atom. The highest BCUT2D eigenvalue weighted by atomic mass is 16.5. The van der Waals surface area contributed by atoms with E-state index < -0.39 is 6.10 Å². The Kier molecular flexibility index (Phi) is 3.82. The zero-order chi connectivity index (χ0) is 12.3. The second kappa shape index (κ2) is 5.17. The van der Waals surface area contributed by atoms with Crippen molar-refractivity contribution < 1.29 is 9.84 Å². The first-order valence-corrected chi connectivity index (χ1v) is 6.20. The lowest BCUT2D eigenvalue weighted by Crippen LogP contribution is -2.41. The fourth-order valence-corrected chi connectivity index (χ4v) is 2.47. The van der Waals surface area contributed by atoms with E-state index >= 15 is 0 Å². The lowest BCUT2D eigenvalue weighted by molar-refractivity contribution is -0.0581. The average molecular weight is 235 g/mol. The van der Waals surface area contributed by atoms with Crippen molar-refractivity contribution in [3.05, 3.63) is 35.4 Å². The molecule has 0 unspecified atom stereocenters. The number of aryl methyl sites for hydroxylation is 1. The number of benzene rings is 1. The highest BCUT2D eigenvalue weighted by Crippen LogP contribution is 2.41. The van der Waals surface area contributed by atoms with Crippen molar-refractivity contribution in [2.45, 2.75) is 25.9 Å². The maximum atomic E-state index is 10.6. The molecular weight excluding hydrogens is 214 g/mol. The first-order valence-electron chi connectivity index (χ1n) is 6.20. The van der Waals surface area contributed by atoms with Crippen LogP contribution in [0, 0.1) is 12.3 Å². The van der Waals surface area contributed by atoms with Gasteiger partial charge in [0, 0.05) is 25.2 Å². The van der Waals surface area contributed by atoms with E-state index in [0.717, 1.165) is 18.4 Å². The van der Waals surface area contributed by atoms with Gasteiger partial charge >= 0.3 is 0 Å². The Bertz CT molecular complexity index is 355. The van der Waals surface area contributed by atoms with Crippen LogP contribution in [-0.2, 0) is 4.74 Å². The van der Waals surface area contributed by atoms with Crippen molar-refractivity contribution in [3.8, 4) is 0 Å². The van der Waals surface area contributed by atoms with Crippen molar-refractivity contribution in [3.63, 3.8) is 0 Å². The van der Waals surface area contributed by atoms with Gasteiger partial charge in [-0.2, -0.15) is 0 Å². The van der Waals surface area contributed by atoms with E-state index in [1.807, 2.05) is 31.2 Å². The molecule has 3 heteroatoms. The van der Waals surface area contributed by atoms with Crippen LogP contribution in [0.3, 0.4) is 0 Å². The van der Waals surface area contributed by atoms with Gasteiger partial charge in [0.25, 0.3) is 0 Å². The second-order valence-electron chi connectivity index (χ2n) is 4.99. The fraction of sp³-hybridized carbons (Fsp3) is 0.571. The standard InChI is InChI=1S/C14H21NO2/c1-11-2-4-12(5-3-11)13(16)14(10-15)6-8-17-9-7-14/h2-5,13,16H,6-10,15H2,1H3/t13-/m1/s1. The molecular formula is C14H21NO2. The van der Waals surface area contributed by atoms with Gasteiger partial charge in [-0.25, -0.2) is 0 Å². The van der Waals surface area contributed by atoms with Gasteiger partial charge in [0.1, 0.15) is 0 Å². The Hall–Kier alpha value is -0.900. The first-order chi connectivity index (χ1) is 8.18. The third-order valence-electron chi connectivity index (χ3n) is 3.87. The summed E-state index contributed by atoms with van der Waals surface area (Å²) in [5, 5.41) is 10.6. The molecule has 2 rings (SSSR count). The normalized spacial score (nSPS) is 21.1. The van der Waals surface area contributed by atoms with E-state index in [-0.39, 0.29) is 5.41 Å². The van der Waals surface area contributed by atoms with Crippen molar-refractivity contribution in [1.82, 2.24) is 0 Å². The van der Waals surface area contributed by atoms with Crippen molar-refractivity contribution >= 4 is 0 Å². The molecule has 1 fully saturated rings. The van der Waals surface area contributed by atoms with Crippen LogP contribution in [-0.4, -0.2) is 24.9 Å². The molecule has 1 atom stereocenters. The van der Waals surface area contributed by atoms with Crippen LogP contribution in [0.4, 0.5) is 0 Å². The molecule has 3 N–H and O–H groups in total. The molecule has 0 spiro atoms. The number of hydrogen-bond donors (Lipinski definition) is 2. The van der Waals surface area contributed by atoms with Crippen LogP contribution >= 0.6 is 0 Å². The quantitative estimate of drug-likeness (QED) is 0.839. The predicted octanol–water partition coefficient (Wildman–Crippen LogP) is 1.78. The average Bonchev–Trinajstić information content (AvgIpc) is 2.39. The SMILES string of the molecule is Cc1ccc([C@@H](O)C2(CN)CCOCC2)cc1. The van der Waals surface area contributed by atoms with Crippen LogP contribution in [0.15, 0.2) is 24.3 Å². The van der Waals surface area contributed by atoms with E-state index in [9.17, 15) is 5.11 Å². The Morgan fingerprint density at radius 1 is 1.29 bits per heavy atom. The van der Waals surface area contributed by atoms with Crippen LogP contribution in [0.2, 0.25) is 0 Å². The van der Waals surface area contributed by atoms with Gasteiger partial charge in [0.05, 0.1) is 6.10 Å². The molecule has 0 saturated carbocycles. The zero-order valence-electron chi connectivity index (χ0n) is 10.4. The topological polar surface area (TPSA) is 55.5 Å². The number of hydrogen-bond acceptors (Lipinski definition) is 3. The number of ether oxygens (including phenoxy) is 1. The summed E-state index contributed by atoms with van der Waals surface area (Å²) in [6.07, 6.45) is 1.17. The maximum absolute atomic E-state index is 10.6. The van der Waals surface area contributed by atoms with Crippen LogP contribution in [0.1, 0.15) is 30.1 Å². The summed E-state index contributed by atoms with van der Waals surface area (Å²) in [6.45, 7) is 3.94. The number of aliphatic hydroxyl groups excluding tert-OH is 1. The molecule has 0 bridgehead atoms. The lowest BCUT2D eigenvalue weighted by Gasteiger charge is -2.40. The first kappa shape index (κ1) is 12.6. The molecule has 1 aliphatic heterocycles. The smallest absolute Gasteiger partial charge is 0.0860 e. The van der Waals surface area contributed by atoms with Crippen molar-refractivity contribution in [1.29, 1.82) is 0 Å². The minimum absolute atomic E-state index is 0.215. The number of aliphatic hydroxyl groups is 1. The summed E-state index contributed by atoms with van der Waals surface area (Å²) in [5.74, 6) is 0.